The summed E-state index contributed by atoms with van der Waals surface area (Å²) in [6.45, 7) is 0. The third kappa shape index (κ3) is 2.01. The van der Waals surface area contributed by atoms with Gasteiger partial charge in [-0.2, -0.15) is 0 Å². The minimum Gasteiger partial charge on any atom is -0.367 e. The van der Waals surface area contributed by atoms with Crippen molar-refractivity contribution >= 4 is 23.0 Å². The smallest absolute Gasteiger partial charge is 0.194 e. The number of halogens is 3. The van der Waals surface area contributed by atoms with E-state index < -0.39 is 11.6 Å². The predicted molar refractivity (Wildman–Crippen MR) is 66.8 cm³/mol. The molecule has 3 rings (SSSR count). The molecule has 0 bridgehead atoms. The van der Waals surface area contributed by atoms with Crippen molar-refractivity contribution < 1.29 is 8.87 Å². The number of aromatic nitrogens is 2. The Hall–Kier alpha value is -2.15. The van der Waals surface area contributed by atoms with Crippen molar-refractivity contribution in [1.29, 1.82) is 0 Å². The fourth-order valence-electron chi connectivity index (χ4n) is 1.90. The minimum atomic E-state index is -0.858. The summed E-state index contributed by atoms with van der Waals surface area (Å²) in [7, 11) is 0. The van der Waals surface area contributed by atoms with E-state index in [4.69, 9.17) is 11.6 Å². The van der Waals surface area contributed by atoms with Gasteiger partial charge in [-0.05, 0) is 6.08 Å². The van der Waals surface area contributed by atoms with Gasteiger partial charge in [-0.15, -0.1) is 4.48 Å². The molecule has 3 N–H and O–H groups in total. The minimum absolute atomic E-state index is 0.145. The van der Waals surface area contributed by atoms with E-state index in [0.717, 1.165) is 11.8 Å². The molecule has 0 spiro atoms. The highest BCUT2D eigenvalue weighted by Crippen LogP contribution is 2.31. The maximum Gasteiger partial charge on any atom is 0.194 e. The maximum atomic E-state index is 13.1. The molecule has 19 heavy (non-hydrogen) atoms. The van der Waals surface area contributed by atoms with Crippen molar-refractivity contribution in [2.75, 3.05) is 5.54 Å². The number of dihydropyridines is 1. The molecule has 0 radical (unpaired) electrons. The van der Waals surface area contributed by atoms with Crippen molar-refractivity contribution in [1.82, 2.24) is 20.6 Å². The molecule has 0 amide bonds. The van der Waals surface area contributed by atoms with Gasteiger partial charge in [0.1, 0.15) is 6.17 Å². The van der Waals surface area contributed by atoms with Gasteiger partial charge < -0.3 is 10.6 Å². The third-order valence-electron chi connectivity index (χ3n) is 2.77. The number of hydrogen-bond acceptors (Lipinski definition) is 5. The van der Waals surface area contributed by atoms with E-state index in [1.54, 1.807) is 18.5 Å². The van der Waals surface area contributed by atoms with Gasteiger partial charge in [-0.3, -0.25) is 0 Å². The standard InChI is InChI=1S/C11H8ClF2N5/c12-5-1-6-7(3-16-9(6)15-2-5)10-17-4-8(13)11(18-10)19-14/h1-4,9,15-16H,(H,17,18,19). The highest BCUT2D eigenvalue weighted by atomic mass is 35.5. The van der Waals surface area contributed by atoms with E-state index in [-0.39, 0.29) is 12.0 Å². The Balaban J connectivity index is 2.01. The van der Waals surface area contributed by atoms with Crippen LogP contribution in [-0.2, 0) is 0 Å². The Kier molecular flexibility index (Phi) is 2.83. The van der Waals surface area contributed by atoms with Crippen LogP contribution >= 0.6 is 11.6 Å². The number of nitrogens with one attached hydrogen (secondary N) is 3. The first-order valence-electron chi connectivity index (χ1n) is 5.38. The highest BCUT2D eigenvalue weighted by Gasteiger charge is 2.27. The molecule has 1 atom stereocenters. The van der Waals surface area contributed by atoms with Crippen molar-refractivity contribution in [2.45, 2.75) is 6.17 Å². The largest absolute Gasteiger partial charge is 0.367 e. The molecule has 98 valence electrons. The van der Waals surface area contributed by atoms with Crippen LogP contribution < -0.4 is 16.2 Å². The normalized spacial score (nSPS) is 20.6. The lowest BCUT2D eigenvalue weighted by Crippen LogP contribution is -2.36. The summed E-state index contributed by atoms with van der Waals surface area (Å²) >= 11 is 5.91. The van der Waals surface area contributed by atoms with Gasteiger partial charge in [0.05, 0.1) is 11.2 Å². The Bertz CT molecular complexity index is 626. The number of allylic oxidation sites excluding steroid dienone is 2. The number of hydrogen-bond donors (Lipinski definition) is 3. The van der Waals surface area contributed by atoms with Crippen LogP contribution in [0, 0.1) is 5.82 Å². The van der Waals surface area contributed by atoms with Crippen LogP contribution in [0.25, 0.3) is 5.57 Å². The van der Waals surface area contributed by atoms with Crippen molar-refractivity contribution in [3.63, 3.8) is 0 Å². The summed E-state index contributed by atoms with van der Waals surface area (Å²) in [5.41, 5.74) is 2.63. The summed E-state index contributed by atoms with van der Waals surface area (Å²) in [5.74, 6) is -1.15. The van der Waals surface area contributed by atoms with Crippen LogP contribution in [0.3, 0.4) is 0 Å². The molecule has 8 heteroatoms. The summed E-state index contributed by atoms with van der Waals surface area (Å²) in [4.78, 5) is 7.63. The Morgan fingerprint density at radius 2 is 2.11 bits per heavy atom. The molecule has 0 fully saturated rings. The van der Waals surface area contributed by atoms with Gasteiger partial charge in [-0.1, -0.05) is 11.6 Å². The average molecular weight is 284 g/mol. The molecule has 5 nitrogen and oxygen atoms in total. The second kappa shape index (κ2) is 4.51. The van der Waals surface area contributed by atoms with E-state index in [0.29, 0.717) is 10.6 Å². The van der Waals surface area contributed by atoms with E-state index >= 15 is 0 Å². The second-order valence-electron chi connectivity index (χ2n) is 3.94. The van der Waals surface area contributed by atoms with Crippen LogP contribution in [-0.4, -0.2) is 16.1 Å². The summed E-state index contributed by atoms with van der Waals surface area (Å²) in [5, 5.41) is 6.59. The molecule has 0 saturated heterocycles. The van der Waals surface area contributed by atoms with E-state index in [1.807, 2.05) is 0 Å². The lowest BCUT2D eigenvalue weighted by Gasteiger charge is -2.19. The lowest BCUT2D eigenvalue weighted by atomic mass is 10.0. The Morgan fingerprint density at radius 3 is 2.89 bits per heavy atom. The van der Waals surface area contributed by atoms with Gasteiger partial charge in [0.25, 0.3) is 0 Å². The molecule has 1 aromatic heterocycles. The summed E-state index contributed by atoms with van der Waals surface area (Å²) in [6.07, 6.45) is 5.82. The van der Waals surface area contributed by atoms with Gasteiger partial charge in [0, 0.05) is 23.5 Å². The van der Waals surface area contributed by atoms with Gasteiger partial charge in [0.2, 0.25) is 0 Å². The molecule has 2 aliphatic heterocycles. The van der Waals surface area contributed by atoms with Crippen LogP contribution in [0.5, 0.6) is 0 Å². The highest BCUT2D eigenvalue weighted by molar-refractivity contribution is 6.31. The van der Waals surface area contributed by atoms with Gasteiger partial charge >= 0.3 is 0 Å². The first-order valence-corrected chi connectivity index (χ1v) is 5.76. The molecular formula is C11H8ClF2N5. The SMILES string of the molecule is FNc1nc(C2=CNC3NC=C(Cl)C=C23)ncc1F. The van der Waals surface area contributed by atoms with Crippen LogP contribution in [0.1, 0.15) is 5.82 Å². The predicted octanol–water partition coefficient (Wildman–Crippen LogP) is 1.79. The van der Waals surface area contributed by atoms with Gasteiger partial charge in [-0.25, -0.2) is 19.9 Å². The van der Waals surface area contributed by atoms with Crippen molar-refractivity contribution in [3.8, 4) is 0 Å². The van der Waals surface area contributed by atoms with E-state index in [9.17, 15) is 8.87 Å². The number of anilines is 1. The van der Waals surface area contributed by atoms with Crippen LogP contribution in [0.4, 0.5) is 14.7 Å². The maximum absolute atomic E-state index is 13.1. The van der Waals surface area contributed by atoms with Gasteiger partial charge in [0.15, 0.2) is 17.5 Å². The van der Waals surface area contributed by atoms with Crippen LogP contribution in [0.2, 0.25) is 0 Å². The Morgan fingerprint density at radius 1 is 1.32 bits per heavy atom. The number of rotatable bonds is 2. The summed E-state index contributed by atoms with van der Waals surface area (Å²) < 4.78 is 25.5. The molecule has 0 aromatic carbocycles. The fourth-order valence-corrected chi connectivity index (χ4v) is 2.08. The number of nitrogens with zero attached hydrogens (tertiary/aromatic N) is 2. The van der Waals surface area contributed by atoms with E-state index in [1.165, 1.54) is 5.54 Å². The molecule has 1 aromatic rings. The molecule has 0 saturated carbocycles. The molecular weight excluding hydrogens is 276 g/mol. The molecule has 2 aliphatic rings. The number of fused-ring (bicyclic) bond motifs is 1. The molecule has 1 unspecified atom stereocenters. The zero-order chi connectivity index (χ0) is 13.4. The average Bonchev–Trinajstić information content (AvgIpc) is 2.82. The topological polar surface area (TPSA) is 61.9 Å². The first kappa shape index (κ1) is 11.9. The zero-order valence-electron chi connectivity index (χ0n) is 9.42. The first-order chi connectivity index (χ1) is 9.19. The molecule has 0 aliphatic carbocycles. The van der Waals surface area contributed by atoms with E-state index in [2.05, 4.69) is 20.6 Å². The molecule has 3 heterocycles. The Labute approximate surface area is 112 Å². The quantitative estimate of drug-likeness (QED) is 0.723. The van der Waals surface area contributed by atoms with Crippen molar-refractivity contribution in [2.24, 2.45) is 0 Å². The second-order valence-corrected chi connectivity index (χ2v) is 4.37. The fraction of sp³-hybridized carbons (Fsp3) is 0.0909. The van der Waals surface area contributed by atoms with Crippen LogP contribution in [0.15, 0.2) is 35.3 Å². The monoisotopic (exact) mass is 283 g/mol. The lowest BCUT2D eigenvalue weighted by molar-refractivity contribution is 0.567. The summed E-state index contributed by atoms with van der Waals surface area (Å²) in [6, 6.07) is 0. The third-order valence-corrected chi connectivity index (χ3v) is 2.99. The van der Waals surface area contributed by atoms with Crippen molar-refractivity contribution in [3.05, 3.63) is 46.9 Å². The zero-order valence-corrected chi connectivity index (χ0v) is 10.2.